The number of imide groups is 1. The van der Waals surface area contributed by atoms with Crippen molar-refractivity contribution in [3.8, 4) is 5.75 Å². The summed E-state index contributed by atoms with van der Waals surface area (Å²) in [5.41, 5.74) is -0.233. The van der Waals surface area contributed by atoms with Gasteiger partial charge in [-0.05, 0) is 18.2 Å². The van der Waals surface area contributed by atoms with Crippen molar-refractivity contribution in [2.45, 2.75) is 13.3 Å². The fraction of sp³-hybridized carbons (Fsp3) is 0.267. The van der Waals surface area contributed by atoms with E-state index in [9.17, 15) is 24.5 Å². The molecule has 0 unspecified atom stereocenters. The van der Waals surface area contributed by atoms with Crippen LogP contribution in [0.25, 0.3) is 6.08 Å². The molecule has 132 valence electrons. The standard InChI is InChI=1S/C15H15N3O7/c1-9(19)24-5-2-6-25-11-3-4-13(18(22)23)10(7-11)8-12-14(20)17-15(21)16-12/h3-4,7-8H,2,5-6H2,1H3,(H2,16,17,20,21). The van der Waals surface area contributed by atoms with E-state index in [1.54, 1.807) is 0 Å². The Labute approximate surface area is 141 Å². The van der Waals surface area contributed by atoms with Gasteiger partial charge in [0.2, 0.25) is 0 Å². The first-order valence-electron chi connectivity index (χ1n) is 7.25. The maximum Gasteiger partial charge on any atom is 0.326 e. The number of ether oxygens (including phenoxy) is 2. The SMILES string of the molecule is CC(=O)OCCCOc1ccc([N+](=O)[O-])c(C=C2NC(=O)NC2=O)c1. The topological polar surface area (TPSA) is 137 Å². The zero-order chi connectivity index (χ0) is 18.4. The highest BCUT2D eigenvalue weighted by Gasteiger charge is 2.24. The zero-order valence-electron chi connectivity index (χ0n) is 13.2. The lowest BCUT2D eigenvalue weighted by Crippen LogP contribution is -2.22. The van der Waals surface area contributed by atoms with Crippen LogP contribution in [0.4, 0.5) is 10.5 Å². The van der Waals surface area contributed by atoms with Crippen molar-refractivity contribution < 1.29 is 28.8 Å². The van der Waals surface area contributed by atoms with Crippen LogP contribution in [-0.4, -0.2) is 36.0 Å². The highest BCUT2D eigenvalue weighted by molar-refractivity contribution is 6.14. The van der Waals surface area contributed by atoms with Crippen LogP contribution in [0.5, 0.6) is 5.75 Å². The lowest BCUT2D eigenvalue weighted by molar-refractivity contribution is -0.385. The van der Waals surface area contributed by atoms with Gasteiger partial charge in [-0.1, -0.05) is 0 Å². The lowest BCUT2D eigenvalue weighted by Gasteiger charge is -2.08. The average molecular weight is 349 g/mol. The lowest BCUT2D eigenvalue weighted by atomic mass is 10.1. The highest BCUT2D eigenvalue weighted by atomic mass is 16.6. The minimum atomic E-state index is -0.697. The van der Waals surface area contributed by atoms with Crippen LogP contribution in [0, 0.1) is 10.1 Å². The number of amides is 3. The Kier molecular flexibility index (Phi) is 5.66. The molecule has 0 spiro atoms. The molecule has 10 nitrogen and oxygen atoms in total. The van der Waals surface area contributed by atoms with Gasteiger partial charge < -0.3 is 14.8 Å². The first kappa shape index (κ1) is 17.9. The van der Waals surface area contributed by atoms with Crippen LogP contribution in [0.1, 0.15) is 18.9 Å². The van der Waals surface area contributed by atoms with Gasteiger partial charge in [-0.2, -0.15) is 0 Å². The quantitative estimate of drug-likeness (QED) is 0.188. The molecule has 0 aliphatic carbocycles. The van der Waals surface area contributed by atoms with E-state index in [1.165, 1.54) is 31.2 Å². The van der Waals surface area contributed by atoms with Crippen LogP contribution in [0.2, 0.25) is 0 Å². The molecule has 0 aromatic heterocycles. The molecule has 0 atom stereocenters. The van der Waals surface area contributed by atoms with E-state index in [0.717, 1.165) is 0 Å². The van der Waals surface area contributed by atoms with Crippen LogP contribution in [0.15, 0.2) is 23.9 Å². The summed E-state index contributed by atoms with van der Waals surface area (Å²) in [5.74, 6) is -0.724. The van der Waals surface area contributed by atoms with Crippen molar-refractivity contribution >= 4 is 29.7 Å². The summed E-state index contributed by atoms with van der Waals surface area (Å²) in [6.45, 7) is 1.73. The molecule has 0 bridgehead atoms. The van der Waals surface area contributed by atoms with Crippen LogP contribution in [0.3, 0.4) is 0 Å². The number of nitrogens with one attached hydrogen (secondary N) is 2. The number of rotatable bonds is 7. The first-order chi connectivity index (χ1) is 11.9. The van der Waals surface area contributed by atoms with Crippen LogP contribution < -0.4 is 15.4 Å². The van der Waals surface area contributed by atoms with Gasteiger partial charge in [0.25, 0.3) is 11.6 Å². The van der Waals surface area contributed by atoms with Gasteiger partial charge in [-0.25, -0.2) is 4.79 Å². The average Bonchev–Trinajstić information content (AvgIpc) is 2.84. The fourth-order valence-corrected chi connectivity index (χ4v) is 2.01. The van der Waals surface area contributed by atoms with Crippen molar-refractivity contribution in [3.63, 3.8) is 0 Å². The molecule has 25 heavy (non-hydrogen) atoms. The smallest absolute Gasteiger partial charge is 0.326 e. The van der Waals surface area contributed by atoms with E-state index in [4.69, 9.17) is 9.47 Å². The largest absolute Gasteiger partial charge is 0.493 e. The second-order valence-corrected chi connectivity index (χ2v) is 4.99. The molecule has 1 aliphatic rings. The molecule has 3 amide bonds. The Bertz CT molecular complexity index is 757. The second-order valence-electron chi connectivity index (χ2n) is 4.99. The van der Waals surface area contributed by atoms with Gasteiger partial charge in [-0.15, -0.1) is 0 Å². The third-order valence-corrected chi connectivity index (χ3v) is 3.08. The highest BCUT2D eigenvalue weighted by Crippen LogP contribution is 2.26. The number of nitro groups is 1. The number of nitrogens with zero attached hydrogens (tertiary/aromatic N) is 1. The second kappa shape index (κ2) is 7.90. The van der Waals surface area contributed by atoms with Crippen molar-refractivity contribution in [2.75, 3.05) is 13.2 Å². The molecular formula is C15H15N3O7. The molecule has 1 fully saturated rings. The summed E-state index contributed by atoms with van der Waals surface area (Å²) in [5, 5.41) is 15.4. The number of carbonyl (C=O) groups is 3. The van der Waals surface area contributed by atoms with Gasteiger partial charge in [0.15, 0.2) is 0 Å². The maximum atomic E-state index is 11.5. The molecule has 10 heteroatoms. The number of hydrogen-bond donors (Lipinski definition) is 2. The fourth-order valence-electron chi connectivity index (χ4n) is 2.01. The first-order valence-corrected chi connectivity index (χ1v) is 7.25. The monoisotopic (exact) mass is 349 g/mol. The molecular weight excluding hydrogens is 334 g/mol. The molecule has 1 aromatic rings. The van der Waals surface area contributed by atoms with Gasteiger partial charge in [-0.3, -0.25) is 25.0 Å². The Hall–Kier alpha value is -3.43. The number of urea groups is 1. The van der Waals surface area contributed by atoms with Crippen molar-refractivity contribution in [2.24, 2.45) is 0 Å². The van der Waals surface area contributed by atoms with Crippen molar-refractivity contribution in [1.82, 2.24) is 10.6 Å². The third-order valence-electron chi connectivity index (χ3n) is 3.08. The third kappa shape index (κ3) is 5.03. The number of carbonyl (C=O) groups excluding carboxylic acids is 3. The van der Waals surface area contributed by atoms with Gasteiger partial charge in [0, 0.05) is 19.4 Å². The van der Waals surface area contributed by atoms with Crippen molar-refractivity contribution in [1.29, 1.82) is 0 Å². The van der Waals surface area contributed by atoms with E-state index in [2.05, 4.69) is 5.32 Å². The van der Waals surface area contributed by atoms with Gasteiger partial charge in [0.1, 0.15) is 11.4 Å². The Balaban J connectivity index is 2.12. The molecule has 1 heterocycles. The number of benzene rings is 1. The summed E-state index contributed by atoms with van der Waals surface area (Å²) in [6, 6.07) is 3.34. The van der Waals surface area contributed by atoms with Crippen LogP contribution >= 0.6 is 0 Å². The predicted octanol–water partition coefficient (Wildman–Crippen LogP) is 1.11. The summed E-state index contributed by atoms with van der Waals surface area (Å²) in [6.07, 6.45) is 1.65. The maximum absolute atomic E-state index is 11.5. The van der Waals surface area contributed by atoms with E-state index in [-0.39, 0.29) is 36.1 Å². The predicted molar refractivity (Wildman–Crippen MR) is 84.5 cm³/mol. The van der Waals surface area contributed by atoms with E-state index < -0.39 is 16.9 Å². The molecule has 2 N–H and O–H groups in total. The number of hydrogen-bond acceptors (Lipinski definition) is 7. The minimum Gasteiger partial charge on any atom is -0.493 e. The molecule has 2 rings (SSSR count). The number of nitro benzene ring substituents is 1. The molecule has 0 radical (unpaired) electrons. The minimum absolute atomic E-state index is 0.0971. The summed E-state index contributed by atoms with van der Waals surface area (Å²) >= 11 is 0. The van der Waals surface area contributed by atoms with E-state index >= 15 is 0 Å². The molecule has 1 saturated heterocycles. The van der Waals surface area contributed by atoms with Crippen molar-refractivity contribution in [3.05, 3.63) is 39.6 Å². The normalized spacial score (nSPS) is 14.8. The summed E-state index contributed by atoms with van der Waals surface area (Å²) in [4.78, 5) is 43.8. The molecule has 1 aromatic carbocycles. The zero-order valence-corrected chi connectivity index (χ0v) is 13.2. The van der Waals surface area contributed by atoms with E-state index in [1.807, 2.05) is 5.32 Å². The summed E-state index contributed by atoms with van der Waals surface area (Å²) < 4.78 is 10.2. The number of esters is 1. The van der Waals surface area contributed by atoms with Crippen LogP contribution in [-0.2, 0) is 14.3 Å². The van der Waals surface area contributed by atoms with E-state index in [0.29, 0.717) is 12.2 Å². The molecule has 0 saturated carbocycles. The Morgan fingerprint density at radius 3 is 2.64 bits per heavy atom. The Morgan fingerprint density at radius 2 is 2.04 bits per heavy atom. The summed E-state index contributed by atoms with van der Waals surface area (Å²) in [7, 11) is 0. The van der Waals surface area contributed by atoms with Gasteiger partial charge in [0.05, 0.1) is 23.7 Å². The van der Waals surface area contributed by atoms with Gasteiger partial charge >= 0.3 is 12.0 Å². The molecule has 1 aliphatic heterocycles. The Morgan fingerprint density at radius 1 is 1.28 bits per heavy atom.